The quantitative estimate of drug-likeness (QED) is 0.676. The number of sulfonamides is 1. The predicted molar refractivity (Wildman–Crippen MR) is 104 cm³/mol. The highest BCUT2D eigenvalue weighted by Crippen LogP contribution is 2.27. The second-order valence-corrected chi connectivity index (χ2v) is 9.25. The molecule has 10 heteroatoms. The van der Waals surface area contributed by atoms with Crippen LogP contribution in [-0.4, -0.2) is 52.6 Å². The summed E-state index contributed by atoms with van der Waals surface area (Å²) in [5.74, 6) is -0.405. The average Bonchev–Trinajstić information content (AvgIpc) is 3.32. The first-order chi connectivity index (χ1) is 13.8. The number of benzene rings is 1. The van der Waals surface area contributed by atoms with Crippen molar-refractivity contribution < 1.29 is 22.7 Å². The van der Waals surface area contributed by atoms with Gasteiger partial charge in [0.2, 0.25) is 0 Å². The van der Waals surface area contributed by atoms with E-state index in [0.717, 1.165) is 5.56 Å². The van der Waals surface area contributed by atoms with Crippen molar-refractivity contribution in [1.82, 2.24) is 19.2 Å². The number of aryl methyl sites for hydroxylation is 2. The van der Waals surface area contributed by atoms with E-state index in [1.54, 1.807) is 23.7 Å². The Balaban J connectivity index is 1.61. The molecule has 0 saturated carbocycles. The van der Waals surface area contributed by atoms with Crippen molar-refractivity contribution in [3.05, 3.63) is 48.2 Å². The highest BCUT2D eigenvalue weighted by Gasteiger charge is 2.37. The number of carboxylic acid groups (broad SMARTS) is 1. The Morgan fingerprint density at radius 1 is 1.38 bits per heavy atom. The van der Waals surface area contributed by atoms with Gasteiger partial charge in [-0.05, 0) is 49.3 Å². The third-order valence-electron chi connectivity index (χ3n) is 5.24. The van der Waals surface area contributed by atoms with E-state index in [4.69, 9.17) is 0 Å². The maximum atomic E-state index is 13.0. The number of hydrogen-bond donors (Lipinski definition) is 2. The number of rotatable bonds is 8. The molecule has 2 heterocycles. The van der Waals surface area contributed by atoms with Gasteiger partial charge in [0.25, 0.3) is 10.0 Å². The second-order valence-electron chi connectivity index (χ2n) is 7.36. The van der Waals surface area contributed by atoms with Crippen LogP contribution in [-0.2, 0) is 23.5 Å². The molecule has 3 rings (SSSR count). The van der Waals surface area contributed by atoms with Crippen LogP contribution >= 0.6 is 0 Å². The lowest BCUT2D eigenvalue weighted by Crippen LogP contribution is -2.41. The van der Waals surface area contributed by atoms with Crippen LogP contribution in [0, 0.1) is 11.7 Å². The normalized spacial score (nSPS) is 18.6. The van der Waals surface area contributed by atoms with Gasteiger partial charge in [0, 0.05) is 32.4 Å². The Bertz CT molecular complexity index is 945. The lowest BCUT2D eigenvalue weighted by atomic mass is 9.93. The third-order valence-corrected chi connectivity index (χ3v) is 7.00. The number of hydrogen-bond acceptors (Lipinski definition) is 4. The van der Waals surface area contributed by atoms with Gasteiger partial charge in [-0.3, -0.25) is 0 Å². The van der Waals surface area contributed by atoms with Gasteiger partial charge in [-0.2, -0.15) is 4.31 Å². The van der Waals surface area contributed by atoms with Crippen molar-refractivity contribution >= 4 is 16.1 Å². The Morgan fingerprint density at radius 3 is 2.72 bits per heavy atom. The van der Waals surface area contributed by atoms with Crippen LogP contribution in [0.2, 0.25) is 0 Å². The van der Waals surface area contributed by atoms with Crippen LogP contribution in [0.25, 0.3) is 0 Å². The Labute approximate surface area is 169 Å². The first kappa shape index (κ1) is 21.3. The molecule has 2 unspecified atom stereocenters. The monoisotopic (exact) mass is 424 g/mol. The summed E-state index contributed by atoms with van der Waals surface area (Å²) < 4.78 is 41.4. The van der Waals surface area contributed by atoms with Gasteiger partial charge in [0.1, 0.15) is 5.82 Å². The van der Waals surface area contributed by atoms with Gasteiger partial charge in [-0.15, -0.1) is 0 Å². The van der Waals surface area contributed by atoms with Gasteiger partial charge in [-0.1, -0.05) is 12.1 Å². The molecule has 2 N–H and O–H groups in total. The van der Waals surface area contributed by atoms with Crippen LogP contribution in [0.1, 0.15) is 24.8 Å². The minimum absolute atomic E-state index is 0.000274. The number of nitrogens with one attached hydrogen (secondary N) is 1. The van der Waals surface area contributed by atoms with Gasteiger partial charge in [-0.25, -0.2) is 22.6 Å². The molecule has 1 aliphatic rings. The van der Waals surface area contributed by atoms with E-state index in [9.17, 15) is 22.7 Å². The summed E-state index contributed by atoms with van der Waals surface area (Å²) in [4.78, 5) is 15.2. The molecule has 1 saturated heterocycles. The number of carbonyl (C=O) groups is 1. The first-order valence-corrected chi connectivity index (χ1v) is 10.9. The largest absolute Gasteiger partial charge is 0.465 e. The highest BCUT2D eigenvalue weighted by atomic mass is 32.2. The minimum atomic E-state index is -3.69. The van der Waals surface area contributed by atoms with Gasteiger partial charge < -0.3 is 15.0 Å². The van der Waals surface area contributed by atoms with Gasteiger partial charge in [0.05, 0.1) is 6.33 Å². The fraction of sp³-hybridized carbons (Fsp3) is 0.474. The van der Waals surface area contributed by atoms with Crippen molar-refractivity contribution in [2.24, 2.45) is 13.0 Å². The molecule has 1 fully saturated rings. The molecule has 1 aliphatic heterocycles. The number of halogens is 1. The van der Waals surface area contributed by atoms with Crippen molar-refractivity contribution in [2.45, 2.75) is 36.8 Å². The fourth-order valence-corrected chi connectivity index (χ4v) is 5.19. The van der Waals surface area contributed by atoms with Crippen molar-refractivity contribution in [1.29, 1.82) is 0 Å². The number of nitrogens with zero attached hydrogens (tertiary/aromatic N) is 3. The number of imidazole rings is 1. The van der Waals surface area contributed by atoms with Crippen LogP contribution in [0.5, 0.6) is 0 Å². The lowest BCUT2D eigenvalue weighted by Gasteiger charge is -2.24. The highest BCUT2D eigenvalue weighted by molar-refractivity contribution is 7.89. The zero-order valence-corrected chi connectivity index (χ0v) is 17.0. The zero-order valence-electron chi connectivity index (χ0n) is 16.2. The number of aromatic nitrogens is 2. The van der Waals surface area contributed by atoms with E-state index in [-0.39, 0.29) is 29.3 Å². The SMILES string of the molecule is Cn1cnc(S(=O)(=O)N2CCC(C(CCCc3ccc(F)cc3)NC(=O)O)C2)c1. The van der Waals surface area contributed by atoms with Gasteiger partial charge in [0.15, 0.2) is 5.03 Å². The summed E-state index contributed by atoms with van der Waals surface area (Å²) in [5.41, 5.74) is 0.978. The van der Waals surface area contributed by atoms with Crippen molar-refractivity contribution in [3.63, 3.8) is 0 Å². The molecule has 0 bridgehead atoms. The average molecular weight is 424 g/mol. The maximum absolute atomic E-state index is 13.0. The summed E-state index contributed by atoms with van der Waals surface area (Å²) in [5, 5.41) is 11.7. The van der Waals surface area contributed by atoms with Gasteiger partial charge >= 0.3 is 6.09 Å². The molecule has 0 spiro atoms. The Hall–Kier alpha value is -2.46. The molecule has 8 nitrogen and oxygen atoms in total. The summed E-state index contributed by atoms with van der Waals surface area (Å²) >= 11 is 0. The molecule has 1 aromatic carbocycles. The first-order valence-electron chi connectivity index (χ1n) is 9.47. The molecule has 0 radical (unpaired) electrons. The van der Waals surface area contributed by atoms with E-state index in [0.29, 0.717) is 32.2 Å². The molecular weight excluding hydrogens is 399 g/mol. The van der Waals surface area contributed by atoms with E-state index in [1.165, 1.54) is 29.0 Å². The van der Waals surface area contributed by atoms with E-state index in [2.05, 4.69) is 10.3 Å². The Morgan fingerprint density at radius 2 is 2.10 bits per heavy atom. The molecule has 1 amide bonds. The summed E-state index contributed by atoms with van der Waals surface area (Å²) in [6, 6.07) is 5.88. The molecule has 158 valence electrons. The predicted octanol–water partition coefficient (Wildman–Crippen LogP) is 2.23. The molecule has 1 aromatic heterocycles. The topological polar surface area (TPSA) is 105 Å². The van der Waals surface area contributed by atoms with E-state index < -0.39 is 16.1 Å². The standard InChI is InChI=1S/C19H25FN4O4S/c1-23-12-18(21-13-23)29(27,28)24-10-9-15(11-24)17(22-19(25)26)4-2-3-14-5-7-16(20)8-6-14/h5-8,12-13,15,17,22H,2-4,9-11H2,1H3,(H,25,26). The van der Waals surface area contributed by atoms with Crippen molar-refractivity contribution in [3.8, 4) is 0 Å². The summed E-state index contributed by atoms with van der Waals surface area (Å²) in [7, 11) is -1.99. The zero-order chi connectivity index (χ0) is 21.0. The fourth-order valence-electron chi connectivity index (χ4n) is 3.72. The number of amides is 1. The van der Waals surface area contributed by atoms with Crippen LogP contribution < -0.4 is 5.32 Å². The molecule has 0 aliphatic carbocycles. The smallest absolute Gasteiger partial charge is 0.404 e. The van der Waals surface area contributed by atoms with E-state index >= 15 is 0 Å². The minimum Gasteiger partial charge on any atom is -0.465 e. The maximum Gasteiger partial charge on any atom is 0.404 e. The molecule has 2 atom stereocenters. The van der Waals surface area contributed by atoms with Crippen LogP contribution in [0.3, 0.4) is 0 Å². The summed E-state index contributed by atoms with van der Waals surface area (Å²) in [6.07, 6.45) is 4.33. The molecular formula is C19H25FN4O4S. The Kier molecular flexibility index (Phi) is 6.53. The molecule has 29 heavy (non-hydrogen) atoms. The van der Waals surface area contributed by atoms with Crippen LogP contribution in [0.15, 0.2) is 41.8 Å². The second kappa shape index (κ2) is 8.91. The summed E-state index contributed by atoms with van der Waals surface area (Å²) in [6.45, 7) is 0.583. The lowest BCUT2D eigenvalue weighted by molar-refractivity contribution is 0.183. The van der Waals surface area contributed by atoms with Crippen LogP contribution in [0.4, 0.5) is 9.18 Å². The van der Waals surface area contributed by atoms with E-state index in [1.807, 2.05) is 0 Å². The third kappa shape index (κ3) is 5.33. The molecule has 2 aromatic rings. The van der Waals surface area contributed by atoms with Crippen molar-refractivity contribution in [2.75, 3.05) is 13.1 Å².